The van der Waals surface area contributed by atoms with Gasteiger partial charge in [-0.1, -0.05) is 6.07 Å². The number of ether oxygens (including phenoxy) is 1. The molecule has 1 aromatic rings. The van der Waals surface area contributed by atoms with Gasteiger partial charge in [-0.15, -0.1) is 12.4 Å². The number of hydrogen-bond acceptors (Lipinski definition) is 3. The Balaban J connectivity index is 0.00000180. The maximum Gasteiger partial charge on any atom is 0.165 e. The fourth-order valence-electron chi connectivity index (χ4n) is 2.27. The van der Waals surface area contributed by atoms with E-state index in [1.165, 1.54) is 13.2 Å². The molecule has 1 atom stereocenters. The molecule has 108 valence electrons. The molecule has 19 heavy (non-hydrogen) atoms. The van der Waals surface area contributed by atoms with Crippen molar-refractivity contribution in [3.63, 3.8) is 0 Å². The second kappa shape index (κ2) is 7.62. The van der Waals surface area contributed by atoms with E-state index < -0.39 is 12.5 Å². The molecule has 0 saturated carbocycles. The maximum absolute atomic E-state index is 13.3. The van der Waals surface area contributed by atoms with Crippen molar-refractivity contribution in [3.05, 3.63) is 29.6 Å². The molecule has 0 amide bonds. The van der Waals surface area contributed by atoms with Crippen molar-refractivity contribution in [3.8, 4) is 5.75 Å². The first kappa shape index (κ1) is 16.1. The minimum atomic E-state index is -0.477. The third-order valence-corrected chi connectivity index (χ3v) is 3.30. The van der Waals surface area contributed by atoms with Crippen LogP contribution < -0.4 is 10.1 Å². The number of alkyl halides is 1. The molecular formula is C13H19ClF2N2O. The predicted molar refractivity (Wildman–Crippen MR) is 73.4 cm³/mol. The van der Waals surface area contributed by atoms with Gasteiger partial charge in [0.05, 0.1) is 13.2 Å². The average Bonchev–Trinajstić information content (AvgIpc) is 2.42. The molecule has 1 aliphatic rings. The van der Waals surface area contributed by atoms with Gasteiger partial charge in [0.15, 0.2) is 11.6 Å². The van der Waals surface area contributed by atoms with Crippen molar-refractivity contribution < 1.29 is 13.5 Å². The Morgan fingerprint density at radius 1 is 1.37 bits per heavy atom. The van der Waals surface area contributed by atoms with Crippen molar-refractivity contribution in [2.45, 2.75) is 6.04 Å². The van der Waals surface area contributed by atoms with E-state index in [-0.39, 0.29) is 24.2 Å². The number of halogens is 3. The molecule has 1 aliphatic heterocycles. The van der Waals surface area contributed by atoms with Crippen LogP contribution in [0.2, 0.25) is 0 Å². The van der Waals surface area contributed by atoms with Crippen LogP contribution in [0.1, 0.15) is 11.6 Å². The van der Waals surface area contributed by atoms with Gasteiger partial charge in [-0.2, -0.15) is 0 Å². The Labute approximate surface area is 118 Å². The molecule has 3 nitrogen and oxygen atoms in total. The zero-order valence-electron chi connectivity index (χ0n) is 10.9. The van der Waals surface area contributed by atoms with E-state index in [1.54, 1.807) is 12.1 Å². The summed E-state index contributed by atoms with van der Waals surface area (Å²) in [6, 6.07) is 4.23. The van der Waals surface area contributed by atoms with E-state index in [9.17, 15) is 8.78 Å². The van der Waals surface area contributed by atoms with Crippen LogP contribution in [0.5, 0.6) is 5.75 Å². The van der Waals surface area contributed by atoms with E-state index in [0.717, 1.165) is 31.7 Å². The minimum absolute atomic E-state index is 0. The average molecular weight is 293 g/mol. The number of nitrogens with one attached hydrogen (secondary N) is 1. The Morgan fingerprint density at radius 3 is 2.63 bits per heavy atom. The monoisotopic (exact) mass is 292 g/mol. The molecule has 1 heterocycles. The lowest BCUT2D eigenvalue weighted by molar-refractivity contribution is 0.147. The second-order valence-corrected chi connectivity index (χ2v) is 4.35. The first-order chi connectivity index (χ1) is 8.76. The standard InChI is InChI=1S/C13H18F2N2O.ClH/c1-18-13-8-10(2-3-11(13)15)12(9-14)17-6-4-16-5-7-17;/h2-3,8,12,16H,4-7,9H2,1H3;1H/t12-;/m1./s1. The molecule has 0 aromatic heterocycles. The van der Waals surface area contributed by atoms with Gasteiger partial charge in [-0.3, -0.25) is 4.90 Å². The molecule has 0 unspecified atom stereocenters. The molecule has 0 bridgehead atoms. The molecular weight excluding hydrogens is 274 g/mol. The molecule has 0 aliphatic carbocycles. The lowest BCUT2D eigenvalue weighted by Crippen LogP contribution is -2.45. The molecule has 6 heteroatoms. The van der Waals surface area contributed by atoms with Gasteiger partial charge in [0, 0.05) is 26.2 Å². The van der Waals surface area contributed by atoms with Crippen LogP contribution in [0.15, 0.2) is 18.2 Å². The number of methoxy groups -OCH3 is 1. The lowest BCUT2D eigenvalue weighted by atomic mass is 10.0. The summed E-state index contributed by atoms with van der Waals surface area (Å²) in [7, 11) is 1.41. The van der Waals surface area contributed by atoms with Gasteiger partial charge >= 0.3 is 0 Å². The number of benzene rings is 1. The van der Waals surface area contributed by atoms with E-state index >= 15 is 0 Å². The smallest absolute Gasteiger partial charge is 0.165 e. The topological polar surface area (TPSA) is 24.5 Å². The normalized spacial score (nSPS) is 17.6. The number of nitrogens with zero attached hydrogens (tertiary/aromatic N) is 1. The number of rotatable bonds is 4. The van der Waals surface area contributed by atoms with E-state index in [4.69, 9.17) is 4.74 Å². The van der Waals surface area contributed by atoms with Crippen LogP contribution in [0.25, 0.3) is 0 Å². The fraction of sp³-hybridized carbons (Fsp3) is 0.538. The van der Waals surface area contributed by atoms with Crippen LogP contribution >= 0.6 is 12.4 Å². The molecule has 0 spiro atoms. The van der Waals surface area contributed by atoms with Crippen LogP contribution in [0, 0.1) is 5.82 Å². The first-order valence-electron chi connectivity index (χ1n) is 6.10. The molecule has 1 fully saturated rings. The van der Waals surface area contributed by atoms with E-state index in [0.29, 0.717) is 0 Å². The summed E-state index contributed by atoms with van der Waals surface area (Å²) in [6.45, 7) is 2.83. The minimum Gasteiger partial charge on any atom is -0.494 e. The summed E-state index contributed by atoms with van der Waals surface area (Å²) in [4.78, 5) is 2.07. The maximum atomic E-state index is 13.3. The van der Waals surface area contributed by atoms with E-state index in [2.05, 4.69) is 10.2 Å². The predicted octanol–water partition coefficient (Wildman–Crippen LogP) is 2.17. The highest BCUT2D eigenvalue weighted by molar-refractivity contribution is 5.85. The van der Waals surface area contributed by atoms with Gasteiger partial charge in [0.2, 0.25) is 0 Å². The molecule has 0 radical (unpaired) electrons. The molecule has 2 rings (SSSR count). The summed E-state index contributed by atoms with van der Waals surface area (Å²) in [5, 5.41) is 3.23. The number of piperazine rings is 1. The highest BCUT2D eigenvalue weighted by Gasteiger charge is 2.22. The molecule has 1 saturated heterocycles. The quantitative estimate of drug-likeness (QED) is 0.920. The first-order valence-corrected chi connectivity index (χ1v) is 6.10. The zero-order chi connectivity index (χ0) is 13.0. The Hall–Kier alpha value is -0.910. The zero-order valence-corrected chi connectivity index (χ0v) is 11.7. The van der Waals surface area contributed by atoms with Gasteiger partial charge in [0.1, 0.15) is 6.67 Å². The van der Waals surface area contributed by atoms with Crippen molar-refractivity contribution in [1.29, 1.82) is 0 Å². The van der Waals surface area contributed by atoms with E-state index in [1.807, 2.05) is 0 Å². The van der Waals surface area contributed by atoms with Crippen LogP contribution in [-0.4, -0.2) is 44.9 Å². The van der Waals surface area contributed by atoms with Crippen molar-refractivity contribution in [2.24, 2.45) is 0 Å². The summed E-state index contributed by atoms with van der Waals surface area (Å²) >= 11 is 0. The van der Waals surface area contributed by atoms with Crippen LogP contribution in [0.3, 0.4) is 0 Å². The van der Waals surface area contributed by atoms with Gasteiger partial charge in [0.25, 0.3) is 0 Å². The van der Waals surface area contributed by atoms with Crippen molar-refractivity contribution in [2.75, 3.05) is 40.0 Å². The third-order valence-electron chi connectivity index (χ3n) is 3.30. The fourth-order valence-corrected chi connectivity index (χ4v) is 2.27. The summed E-state index contributed by atoms with van der Waals surface area (Å²) in [5.41, 5.74) is 0.762. The van der Waals surface area contributed by atoms with Crippen molar-refractivity contribution in [1.82, 2.24) is 10.2 Å². The highest BCUT2D eigenvalue weighted by atomic mass is 35.5. The third kappa shape index (κ3) is 3.78. The van der Waals surface area contributed by atoms with Crippen molar-refractivity contribution >= 4 is 12.4 Å². The molecule has 1 N–H and O–H groups in total. The highest BCUT2D eigenvalue weighted by Crippen LogP contribution is 2.27. The van der Waals surface area contributed by atoms with Crippen LogP contribution in [-0.2, 0) is 0 Å². The van der Waals surface area contributed by atoms with Gasteiger partial charge in [-0.25, -0.2) is 8.78 Å². The number of hydrogen-bond donors (Lipinski definition) is 1. The largest absolute Gasteiger partial charge is 0.494 e. The van der Waals surface area contributed by atoms with Gasteiger partial charge in [-0.05, 0) is 17.7 Å². The Bertz CT molecular complexity index is 400. The van der Waals surface area contributed by atoms with Gasteiger partial charge < -0.3 is 10.1 Å². The summed E-state index contributed by atoms with van der Waals surface area (Å²) in [6.07, 6.45) is 0. The SMILES string of the molecule is COc1cc([C@@H](CF)N2CCNCC2)ccc1F.Cl. The Morgan fingerprint density at radius 2 is 2.05 bits per heavy atom. The Kier molecular flexibility index (Phi) is 6.48. The summed E-state index contributed by atoms with van der Waals surface area (Å²) < 4.78 is 31.5. The summed E-state index contributed by atoms with van der Waals surface area (Å²) in [5.74, 6) is -0.250. The second-order valence-electron chi connectivity index (χ2n) is 4.35. The molecule has 1 aromatic carbocycles. The lowest BCUT2D eigenvalue weighted by Gasteiger charge is -2.33. The van der Waals surface area contributed by atoms with Crippen LogP contribution in [0.4, 0.5) is 8.78 Å².